The number of benzene rings is 1. The van der Waals surface area contributed by atoms with Crippen LogP contribution in [-0.2, 0) is 27.8 Å². The molecule has 0 aliphatic rings. The molecule has 0 aliphatic carbocycles. The zero-order chi connectivity index (χ0) is 16.0. The molecule has 2 aromatic rings. The SMILES string of the molecule is NS(=O)(=O)c1ccc(CNC(=O)CCCc2cccs2)cc1. The molecule has 1 aromatic carbocycles. The summed E-state index contributed by atoms with van der Waals surface area (Å²) in [7, 11) is -3.67. The molecule has 0 saturated carbocycles. The van der Waals surface area contributed by atoms with Crippen LogP contribution in [0.3, 0.4) is 0 Å². The van der Waals surface area contributed by atoms with Gasteiger partial charge in [0.1, 0.15) is 0 Å². The number of hydrogen-bond donors (Lipinski definition) is 2. The van der Waals surface area contributed by atoms with Crippen LogP contribution in [0, 0.1) is 0 Å². The van der Waals surface area contributed by atoms with Crippen LogP contribution < -0.4 is 10.5 Å². The molecule has 2 rings (SSSR count). The van der Waals surface area contributed by atoms with E-state index in [-0.39, 0.29) is 10.8 Å². The maximum Gasteiger partial charge on any atom is 0.238 e. The fourth-order valence-corrected chi connectivity index (χ4v) is 3.23. The maximum absolute atomic E-state index is 11.7. The molecule has 0 atom stereocenters. The number of carbonyl (C=O) groups excluding carboxylic acids is 1. The lowest BCUT2D eigenvalue weighted by atomic mass is 10.2. The Kier molecular flexibility index (Phi) is 5.70. The van der Waals surface area contributed by atoms with Crippen molar-refractivity contribution in [2.45, 2.75) is 30.7 Å². The van der Waals surface area contributed by atoms with Crippen molar-refractivity contribution >= 4 is 27.3 Å². The fraction of sp³-hybridized carbons (Fsp3) is 0.267. The average molecular weight is 338 g/mol. The van der Waals surface area contributed by atoms with E-state index in [0.29, 0.717) is 13.0 Å². The number of hydrogen-bond acceptors (Lipinski definition) is 4. The van der Waals surface area contributed by atoms with Crippen molar-refractivity contribution in [3.05, 3.63) is 52.2 Å². The first kappa shape index (κ1) is 16.7. The first-order valence-corrected chi connectivity index (χ1v) is 9.28. The number of aryl methyl sites for hydroxylation is 1. The van der Waals surface area contributed by atoms with Crippen molar-refractivity contribution < 1.29 is 13.2 Å². The second-order valence-corrected chi connectivity index (χ2v) is 7.49. The standard InChI is InChI=1S/C15H18N2O3S2/c16-22(19,20)14-8-6-12(7-9-14)11-17-15(18)5-1-3-13-4-2-10-21-13/h2,4,6-10H,1,3,5,11H2,(H,17,18)(H2,16,19,20). The third kappa shape index (κ3) is 5.25. The molecule has 0 unspecified atom stereocenters. The minimum absolute atomic E-state index is 0.00733. The van der Waals surface area contributed by atoms with Gasteiger partial charge in [0, 0.05) is 17.8 Å². The second kappa shape index (κ2) is 7.53. The third-order valence-electron chi connectivity index (χ3n) is 3.15. The molecule has 7 heteroatoms. The Labute approximate surface area is 134 Å². The van der Waals surface area contributed by atoms with E-state index in [1.807, 2.05) is 11.4 Å². The smallest absolute Gasteiger partial charge is 0.238 e. The highest BCUT2D eigenvalue weighted by Crippen LogP contribution is 2.12. The number of carbonyl (C=O) groups is 1. The van der Waals surface area contributed by atoms with Gasteiger partial charge < -0.3 is 5.32 Å². The van der Waals surface area contributed by atoms with E-state index in [1.54, 1.807) is 23.5 Å². The lowest BCUT2D eigenvalue weighted by molar-refractivity contribution is -0.121. The van der Waals surface area contributed by atoms with Crippen LogP contribution in [0.4, 0.5) is 0 Å². The molecule has 0 radical (unpaired) electrons. The summed E-state index contributed by atoms with van der Waals surface area (Å²) in [5, 5.41) is 9.88. The topological polar surface area (TPSA) is 89.3 Å². The van der Waals surface area contributed by atoms with Crippen molar-refractivity contribution in [3.63, 3.8) is 0 Å². The number of primary sulfonamides is 1. The Morgan fingerprint density at radius 1 is 1.18 bits per heavy atom. The van der Waals surface area contributed by atoms with Gasteiger partial charge in [-0.2, -0.15) is 0 Å². The maximum atomic E-state index is 11.7. The van der Waals surface area contributed by atoms with Crippen LogP contribution in [0.15, 0.2) is 46.7 Å². The minimum Gasteiger partial charge on any atom is -0.352 e. The van der Waals surface area contributed by atoms with Gasteiger partial charge in [0.2, 0.25) is 15.9 Å². The second-order valence-electron chi connectivity index (χ2n) is 4.90. The molecule has 0 spiro atoms. The van der Waals surface area contributed by atoms with Crippen molar-refractivity contribution in [1.29, 1.82) is 0 Å². The van der Waals surface area contributed by atoms with Crippen LogP contribution >= 0.6 is 11.3 Å². The molecule has 118 valence electrons. The average Bonchev–Trinajstić information content (AvgIpc) is 2.98. The Balaban J connectivity index is 1.74. The molecule has 1 aromatic heterocycles. The van der Waals surface area contributed by atoms with Crippen LogP contribution in [0.1, 0.15) is 23.3 Å². The number of nitrogens with one attached hydrogen (secondary N) is 1. The summed E-state index contributed by atoms with van der Waals surface area (Å²) in [4.78, 5) is 13.1. The number of amides is 1. The molecule has 1 heterocycles. The number of sulfonamides is 1. The van der Waals surface area contributed by atoms with Gasteiger partial charge in [0.05, 0.1) is 4.90 Å². The van der Waals surface area contributed by atoms with E-state index in [0.717, 1.165) is 18.4 Å². The quantitative estimate of drug-likeness (QED) is 0.809. The Bertz CT molecular complexity index is 708. The molecule has 3 N–H and O–H groups in total. The molecule has 5 nitrogen and oxygen atoms in total. The van der Waals surface area contributed by atoms with Crippen molar-refractivity contribution in [1.82, 2.24) is 5.32 Å². The van der Waals surface area contributed by atoms with Crippen LogP contribution in [0.2, 0.25) is 0 Å². The minimum atomic E-state index is -3.67. The first-order chi connectivity index (χ1) is 10.4. The van der Waals surface area contributed by atoms with Crippen molar-refractivity contribution in [2.75, 3.05) is 0 Å². The first-order valence-electron chi connectivity index (χ1n) is 6.86. The number of rotatable bonds is 7. The molecule has 0 bridgehead atoms. The summed E-state index contributed by atoms with van der Waals surface area (Å²) >= 11 is 1.70. The van der Waals surface area contributed by atoms with E-state index in [2.05, 4.69) is 11.4 Å². The third-order valence-corrected chi connectivity index (χ3v) is 5.01. The number of nitrogens with two attached hydrogens (primary N) is 1. The molecule has 22 heavy (non-hydrogen) atoms. The molecular formula is C15H18N2O3S2. The van der Waals surface area contributed by atoms with Gasteiger partial charge in [-0.1, -0.05) is 18.2 Å². The van der Waals surface area contributed by atoms with Gasteiger partial charge in [-0.05, 0) is 42.0 Å². The summed E-state index contributed by atoms with van der Waals surface area (Å²) in [5.74, 6) is -0.00733. The largest absolute Gasteiger partial charge is 0.352 e. The van der Waals surface area contributed by atoms with Gasteiger partial charge >= 0.3 is 0 Å². The highest BCUT2D eigenvalue weighted by atomic mass is 32.2. The highest BCUT2D eigenvalue weighted by Gasteiger charge is 2.07. The van der Waals surface area contributed by atoms with Crippen LogP contribution in [-0.4, -0.2) is 14.3 Å². The van der Waals surface area contributed by atoms with Gasteiger partial charge in [0.25, 0.3) is 0 Å². The molecule has 0 aliphatic heterocycles. The zero-order valence-electron chi connectivity index (χ0n) is 12.0. The molecular weight excluding hydrogens is 320 g/mol. The van der Waals surface area contributed by atoms with Gasteiger partial charge in [-0.3, -0.25) is 4.79 Å². The van der Waals surface area contributed by atoms with Gasteiger partial charge in [-0.15, -0.1) is 11.3 Å². The van der Waals surface area contributed by atoms with Crippen LogP contribution in [0.25, 0.3) is 0 Å². The van der Waals surface area contributed by atoms with E-state index in [9.17, 15) is 13.2 Å². The van der Waals surface area contributed by atoms with Gasteiger partial charge in [0.15, 0.2) is 0 Å². The molecule has 1 amide bonds. The Morgan fingerprint density at radius 3 is 2.50 bits per heavy atom. The summed E-state index contributed by atoms with van der Waals surface area (Å²) in [6, 6.07) is 10.2. The lowest BCUT2D eigenvalue weighted by Gasteiger charge is -2.06. The molecule has 0 fully saturated rings. The lowest BCUT2D eigenvalue weighted by Crippen LogP contribution is -2.22. The zero-order valence-corrected chi connectivity index (χ0v) is 13.6. The van der Waals surface area contributed by atoms with Crippen molar-refractivity contribution in [2.24, 2.45) is 5.14 Å². The fourth-order valence-electron chi connectivity index (χ4n) is 1.96. The predicted octanol–water partition coefficient (Wildman–Crippen LogP) is 2.03. The summed E-state index contributed by atoms with van der Waals surface area (Å²) in [5.41, 5.74) is 0.832. The molecule has 0 saturated heterocycles. The van der Waals surface area contributed by atoms with E-state index in [4.69, 9.17) is 5.14 Å². The summed E-state index contributed by atoms with van der Waals surface area (Å²) < 4.78 is 22.3. The van der Waals surface area contributed by atoms with E-state index >= 15 is 0 Å². The normalized spacial score (nSPS) is 11.3. The van der Waals surface area contributed by atoms with E-state index in [1.165, 1.54) is 17.0 Å². The predicted molar refractivity (Wildman–Crippen MR) is 86.9 cm³/mol. The van der Waals surface area contributed by atoms with Crippen LogP contribution in [0.5, 0.6) is 0 Å². The highest BCUT2D eigenvalue weighted by molar-refractivity contribution is 7.89. The summed E-state index contributed by atoms with van der Waals surface area (Å²) in [6.07, 6.45) is 2.21. The monoisotopic (exact) mass is 338 g/mol. The summed E-state index contributed by atoms with van der Waals surface area (Å²) in [6.45, 7) is 0.378. The van der Waals surface area contributed by atoms with Crippen molar-refractivity contribution in [3.8, 4) is 0 Å². The van der Waals surface area contributed by atoms with E-state index < -0.39 is 10.0 Å². The Hall–Kier alpha value is -1.70. The van der Waals surface area contributed by atoms with Gasteiger partial charge in [-0.25, -0.2) is 13.6 Å². The Morgan fingerprint density at radius 2 is 1.91 bits per heavy atom. The number of thiophene rings is 1.